The third-order valence-corrected chi connectivity index (χ3v) is 13.0. The van der Waals surface area contributed by atoms with Crippen LogP contribution in [0.3, 0.4) is 0 Å². The fourth-order valence-corrected chi connectivity index (χ4v) is 8.67. The van der Waals surface area contributed by atoms with Gasteiger partial charge in [-0.2, -0.15) is 5.10 Å². The maximum Gasteiger partial charge on any atom is 0.495 e. The molecule has 0 radical (unpaired) electrons. The smallest absolute Gasteiger partial charge is 0.490 e. The Bertz CT molecular complexity index is 1790. The molecule has 2 amide bonds. The first-order chi connectivity index (χ1) is 24.6. The van der Waals surface area contributed by atoms with Crippen LogP contribution in [0.1, 0.15) is 110 Å². The number of nitrogens with one attached hydrogen (secondary N) is 1. The van der Waals surface area contributed by atoms with Crippen molar-refractivity contribution in [3.05, 3.63) is 47.7 Å². The predicted octanol–water partition coefficient (Wildman–Crippen LogP) is 6.02. The minimum absolute atomic E-state index is 0.146. The van der Waals surface area contributed by atoms with E-state index in [1.54, 1.807) is 0 Å². The summed E-state index contributed by atoms with van der Waals surface area (Å²) in [5, 5.41) is 8.20. The van der Waals surface area contributed by atoms with Gasteiger partial charge in [-0.25, -0.2) is 0 Å². The van der Waals surface area contributed by atoms with Gasteiger partial charge in [0.15, 0.2) is 0 Å². The second kappa shape index (κ2) is 14.1. The van der Waals surface area contributed by atoms with Gasteiger partial charge in [0.1, 0.15) is 5.75 Å². The summed E-state index contributed by atoms with van der Waals surface area (Å²) in [5.41, 5.74) is 4.56. The molecule has 52 heavy (non-hydrogen) atoms. The van der Waals surface area contributed by atoms with Crippen LogP contribution in [-0.4, -0.2) is 82.6 Å². The van der Waals surface area contributed by atoms with E-state index in [1.807, 2.05) is 11.7 Å². The number of hydrogen-bond donors (Lipinski definition) is 1. The van der Waals surface area contributed by atoms with Crippen molar-refractivity contribution in [2.45, 2.75) is 129 Å². The topological polar surface area (TPSA) is 98.2 Å². The van der Waals surface area contributed by atoms with Gasteiger partial charge in [0.2, 0.25) is 11.8 Å². The normalized spacial score (nSPS) is 25.5. The molecule has 1 aliphatic carbocycles. The monoisotopic (exact) mass is 711 g/mol. The van der Waals surface area contributed by atoms with E-state index in [0.29, 0.717) is 12.8 Å². The number of aryl methyl sites for hydroxylation is 1. The lowest BCUT2D eigenvalue weighted by Gasteiger charge is -2.45. The van der Waals surface area contributed by atoms with Gasteiger partial charge in [0.05, 0.1) is 34.4 Å². The molecule has 3 aliphatic heterocycles. The zero-order valence-electron chi connectivity index (χ0n) is 32.6. The van der Waals surface area contributed by atoms with Crippen LogP contribution in [0.4, 0.5) is 5.69 Å². The Hall–Kier alpha value is -3.41. The molecule has 1 atom stereocenters. The summed E-state index contributed by atoms with van der Waals surface area (Å²) in [6.45, 7) is 19.4. The van der Waals surface area contributed by atoms with Crippen molar-refractivity contribution in [1.29, 1.82) is 0 Å². The lowest BCUT2D eigenvalue weighted by atomic mass is 9.76. The molecule has 10 nitrogen and oxygen atoms in total. The van der Waals surface area contributed by atoms with Crippen molar-refractivity contribution in [1.82, 2.24) is 20.0 Å². The number of piperidine rings is 1. The second-order valence-electron chi connectivity index (χ2n) is 17.4. The predicted molar refractivity (Wildman–Crippen MR) is 206 cm³/mol. The molecule has 0 spiro atoms. The second-order valence-corrected chi connectivity index (χ2v) is 17.4. The molecular weight excluding hydrogens is 653 g/mol. The molecule has 2 aromatic carbocycles. The molecule has 1 unspecified atom stereocenters. The van der Waals surface area contributed by atoms with Crippen LogP contribution >= 0.6 is 0 Å². The third-order valence-electron chi connectivity index (χ3n) is 13.0. The largest absolute Gasteiger partial charge is 0.495 e. The number of ether oxygens (including phenoxy) is 1. The summed E-state index contributed by atoms with van der Waals surface area (Å²) < 4.78 is 21.2. The van der Waals surface area contributed by atoms with Crippen molar-refractivity contribution >= 4 is 41.0 Å². The number of imide groups is 1. The molecule has 0 bridgehead atoms. The minimum Gasteiger partial charge on any atom is -0.490 e. The first-order valence-electron chi connectivity index (χ1n) is 19.5. The van der Waals surface area contributed by atoms with Crippen LogP contribution in [-0.2, 0) is 25.9 Å². The number of aromatic nitrogens is 2. The number of carbonyl (C=O) groups is 2. The van der Waals surface area contributed by atoms with Gasteiger partial charge in [-0.1, -0.05) is 12.1 Å². The molecule has 4 fully saturated rings. The summed E-state index contributed by atoms with van der Waals surface area (Å²) >= 11 is 0. The van der Waals surface area contributed by atoms with Crippen LogP contribution in [0.25, 0.3) is 10.9 Å². The highest BCUT2D eigenvalue weighted by molar-refractivity contribution is 6.62. The number of fused-ring (bicyclic) bond motifs is 1. The van der Waals surface area contributed by atoms with E-state index in [9.17, 15) is 9.59 Å². The average Bonchev–Trinajstić information content (AvgIpc) is 3.54. The average molecular weight is 712 g/mol. The standard InChI is InChI=1S/C41H58BN5O5/c1-27-33(42-51-40(4,5)41(6,7)52-42)10-9-11-35(27)50-30-15-12-28(13-16-30)20-21-39(2,3)47-24-22-46(23-25-47)29-14-17-31-34(26-29)45(8)44-37(31)32-18-19-36(48)43-38(32)49/h9-11,14,17,26,28,30,32H,12-13,15-16,18-25H2,1-8H3,(H,43,48,49). The molecule has 280 valence electrons. The molecule has 4 aliphatic rings. The zero-order chi connectivity index (χ0) is 37.0. The number of carbonyl (C=O) groups excluding carboxylic acids is 2. The van der Waals surface area contributed by atoms with Crippen molar-refractivity contribution < 1.29 is 23.6 Å². The fraction of sp³-hybridized carbons (Fsp3) is 0.634. The van der Waals surface area contributed by atoms with Gasteiger partial charge < -0.3 is 18.9 Å². The molecule has 3 saturated heterocycles. The van der Waals surface area contributed by atoms with Crippen LogP contribution in [0.15, 0.2) is 36.4 Å². The van der Waals surface area contributed by atoms with Gasteiger partial charge in [-0.05, 0) is 135 Å². The summed E-state index contributed by atoms with van der Waals surface area (Å²) in [4.78, 5) is 29.4. The highest BCUT2D eigenvalue weighted by Crippen LogP contribution is 2.39. The van der Waals surface area contributed by atoms with E-state index in [2.05, 4.69) is 100.0 Å². The number of amides is 2. The first kappa shape index (κ1) is 36.9. The molecule has 11 heteroatoms. The van der Waals surface area contributed by atoms with Crippen molar-refractivity contribution in [2.24, 2.45) is 13.0 Å². The van der Waals surface area contributed by atoms with Crippen molar-refractivity contribution in [2.75, 3.05) is 31.1 Å². The zero-order valence-corrected chi connectivity index (χ0v) is 32.6. The number of hydrogen-bond acceptors (Lipinski definition) is 8. The van der Waals surface area contributed by atoms with Gasteiger partial charge in [0, 0.05) is 56.3 Å². The molecule has 1 saturated carbocycles. The molecule has 3 aromatic rings. The maximum atomic E-state index is 12.6. The number of anilines is 1. The number of nitrogens with zero attached hydrogens (tertiary/aromatic N) is 4. The van der Waals surface area contributed by atoms with E-state index in [4.69, 9.17) is 19.1 Å². The quantitative estimate of drug-likeness (QED) is 0.213. The third kappa shape index (κ3) is 7.25. The van der Waals surface area contributed by atoms with Crippen LogP contribution in [0.5, 0.6) is 5.75 Å². The van der Waals surface area contributed by atoms with Crippen LogP contribution in [0.2, 0.25) is 0 Å². The van der Waals surface area contributed by atoms with Gasteiger partial charge in [-0.15, -0.1) is 0 Å². The van der Waals surface area contributed by atoms with Crippen molar-refractivity contribution in [3.63, 3.8) is 0 Å². The van der Waals surface area contributed by atoms with E-state index >= 15 is 0 Å². The Labute approximate surface area is 310 Å². The summed E-state index contributed by atoms with van der Waals surface area (Å²) in [7, 11) is 1.55. The van der Waals surface area contributed by atoms with Crippen molar-refractivity contribution in [3.8, 4) is 5.75 Å². The summed E-state index contributed by atoms with van der Waals surface area (Å²) in [5.74, 6) is 0.865. The molecule has 1 aromatic heterocycles. The van der Waals surface area contributed by atoms with Gasteiger partial charge in [-0.3, -0.25) is 24.5 Å². The summed E-state index contributed by atoms with van der Waals surface area (Å²) in [6, 6.07) is 12.7. The first-order valence-corrected chi connectivity index (χ1v) is 19.5. The molecule has 1 N–H and O–H groups in total. The Morgan fingerprint density at radius 1 is 0.962 bits per heavy atom. The SMILES string of the molecule is Cc1c(OC2CCC(CCC(C)(C)N3CCN(c4ccc5c(C6CCC(=O)NC6=O)nn(C)c5c4)CC3)CC2)cccc1B1OC(C)(C)C(C)(C)O1. The molecule has 7 rings (SSSR count). The lowest BCUT2D eigenvalue weighted by Crippen LogP contribution is -2.54. The lowest BCUT2D eigenvalue weighted by molar-refractivity contribution is -0.134. The highest BCUT2D eigenvalue weighted by Gasteiger charge is 2.52. The Morgan fingerprint density at radius 2 is 1.65 bits per heavy atom. The van der Waals surface area contributed by atoms with E-state index in [0.717, 1.165) is 78.3 Å². The highest BCUT2D eigenvalue weighted by atomic mass is 16.7. The number of benzene rings is 2. The van der Waals surface area contributed by atoms with E-state index < -0.39 is 0 Å². The number of rotatable bonds is 9. The maximum absolute atomic E-state index is 12.6. The Morgan fingerprint density at radius 3 is 2.33 bits per heavy atom. The molecular formula is C41H58BN5O5. The fourth-order valence-electron chi connectivity index (χ4n) is 8.67. The Balaban J connectivity index is 0.882. The van der Waals surface area contributed by atoms with E-state index in [1.165, 1.54) is 31.4 Å². The number of piperazine rings is 1. The van der Waals surface area contributed by atoms with E-state index in [-0.39, 0.29) is 47.7 Å². The van der Waals surface area contributed by atoms with Crippen LogP contribution < -0.4 is 20.4 Å². The van der Waals surface area contributed by atoms with Crippen LogP contribution in [0, 0.1) is 12.8 Å². The molecule has 4 heterocycles. The van der Waals surface area contributed by atoms with Gasteiger partial charge >= 0.3 is 7.12 Å². The van der Waals surface area contributed by atoms with Gasteiger partial charge in [0.25, 0.3) is 0 Å². The minimum atomic E-state index is -0.386. The Kier molecular flexibility index (Phi) is 10.0. The summed E-state index contributed by atoms with van der Waals surface area (Å²) in [6.07, 6.45) is 8.18.